The minimum atomic E-state index is -3.40. The van der Waals surface area contributed by atoms with Crippen molar-refractivity contribution in [2.75, 3.05) is 32.7 Å². The van der Waals surface area contributed by atoms with Crippen molar-refractivity contribution in [3.63, 3.8) is 0 Å². The van der Waals surface area contributed by atoms with Crippen LogP contribution in [-0.2, 0) is 16.6 Å². The average molecular weight is 394 g/mol. The minimum absolute atomic E-state index is 0.364. The molecule has 1 saturated carbocycles. The molecule has 8 heteroatoms. The van der Waals surface area contributed by atoms with Crippen LogP contribution in [0.4, 0.5) is 0 Å². The number of thiophene rings is 1. The summed E-state index contributed by atoms with van der Waals surface area (Å²) in [6, 6.07) is 1.70. The summed E-state index contributed by atoms with van der Waals surface area (Å²) < 4.78 is 27.7. The third-order valence-electron chi connectivity index (χ3n) is 4.07. The number of hydrogen-bond donors (Lipinski definition) is 1. The molecule has 0 bridgehead atoms. The van der Waals surface area contributed by atoms with Gasteiger partial charge in [-0.3, -0.25) is 0 Å². The molecule has 0 unspecified atom stereocenters. The molecule has 1 aromatic heterocycles. The minimum Gasteiger partial charge on any atom is -0.326 e. The Balaban J connectivity index is 1.68. The van der Waals surface area contributed by atoms with Gasteiger partial charge in [-0.1, -0.05) is 0 Å². The summed E-state index contributed by atoms with van der Waals surface area (Å²) in [6.45, 7) is 4.33. The highest BCUT2D eigenvalue weighted by atomic mass is 79.9. The van der Waals surface area contributed by atoms with Crippen molar-refractivity contribution < 1.29 is 8.42 Å². The van der Waals surface area contributed by atoms with Crippen LogP contribution >= 0.6 is 27.3 Å². The second kappa shape index (κ2) is 6.25. The number of piperazine rings is 1. The molecule has 5 nitrogen and oxygen atoms in total. The van der Waals surface area contributed by atoms with Gasteiger partial charge in [0.1, 0.15) is 4.90 Å². The Hall–Kier alpha value is 0.01000. The molecule has 3 rings (SSSR count). The first-order valence-corrected chi connectivity index (χ1v) is 10.3. The molecule has 2 aliphatic rings. The first-order chi connectivity index (χ1) is 10.0. The van der Waals surface area contributed by atoms with Crippen molar-refractivity contribution in [3.05, 3.63) is 14.7 Å². The molecule has 1 aromatic rings. The molecule has 0 atom stereocenters. The zero-order valence-electron chi connectivity index (χ0n) is 11.8. The maximum Gasteiger partial charge on any atom is 0.245 e. The van der Waals surface area contributed by atoms with E-state index in [0.29, 0.717) is 28.3 Å². The topological polar surface area (TPSA) is 66.6 Å². The van der Waals surface area contributed by atoms with Crippen LogP contribution in [0.5, 0.6) is 0 Å². The fraction of sp³-hybridized carbons (Fsp3) is 0.692. The van der Waals surface area contributed by atoms with Gasteiger partial charge in [0.25, 0.3) is 0 Å². The second-order valence-corrected chi connectivity index (χ2v) is 10.1. The van der Waals surface area contributed by atoms with Crippen molar-refractivity contribution in [2.24, 2.45) is 11.7 Å². The van der Waals surface area contributed by atoms with E-state index >= 15 is 0 Å². The number of hydrogen-bond acceptors (Lipinski definition) is 5. The molecule has 1 aliphatic heterocycles. The molecule has 2 fully saturated rings. The number of sulfonamides is 1. The Labute approximate surface area is 138 Å². The van der Waals surface area contributed by atoms with Crippen LogP contribution in [0.15, 0.2) is 14.7 Å². The van der Waals surface area contributed by atoms with E-state index in [0.717, 1.165) is 30.4 Å². The van der Waals surface area contributed by atoms with Gasteiger partial charge >= 0.3 is 0 Å². The van der Waals surface area contributed by atoms with Crippen molar-refractivity contribution in [1.29, 1.82) is 0 Å². The molecule has 0 radical (unpaired) electrons. The van der Waals surface area contributed by atoms with Crippen molar-refractivity contribution >= 4 is 37.3 Å². The standard InChI is InChI=1S/C13H20BrN3O2S2/c14-13-12(7-11(8-15)20-13)21(18,19)17-5-3-16(4-6-17)9-10-1-2-10/h7,10H,1-6,8-9,15H2. The maximum atomic E-state index is 12.7. The van der Waals surface area contributed by atoms with Gasteiger partial charge in [0.15, 0.2) is 0 Å². The Morgan fingerprint density at radius 1 is 1.29 bits per heavy atom. The van der Waals surface area contributed by atoms with Gasteiger partial charge in [-0.2, -0.15) is 4.31 Å². The van der Waals surface area contributed by atoms with Crippen LogP contribution < -0.4 is 5.73 Å². The quantitative estimate of drug-likeness (QED) is 0.826. The maximum absolute atomic E-state index is 12.7. The normalized spacial score (nSPS) is 21.8. The molecular formula is C13H20BrN3O2S2. The van der Waals surface area contributed by atoms with E-state index in [2.05, 4.69) is 20.8 Å². The first-order valence-electron chi connectivity index (χ1n) is 7.21. The Bertz CT molecular complexity index is 605. The van der Waals surface area contributed by atoms with Gasteiger partial charge in [-0.15, -0.1) is 11.3 Å². The lowest BCUT2D eigenvalue weighted by atomic mass is 10.3. The van der Waals surface area contributed by atoms with Gasteiger partial charge in [0.05, 0.1) is 3.79 Å². The molecule has 1 aliphatic carbocycles. The zero-order chi connectivity index (χ0) is 15.0. The largest absolute Gasteiger partial charge is 0.326 e. The molecule has 0 amide bonds. The smallest absolute Gasteiger partial charge is 0.245 e. The summed E-state index contributed by atoms with van der Waals surface area (Å²) in [6.07, 6.45) is 2.67. The first kappa shape index (κ1) is 15.9. The lowest BCUT2D eigenvalue weighted by Gasteiger charge is -2.33. The summed E-state index contributed by atoms with van der Waals surface area (Å²) in [4.78, 5) is 3.63. The summed E-state index contributed by atoms with van der Waals surface area (Å²) in [7, 11) is -3.40. The monoisotopic (exact) mass is 393 g/mol. The van der Waals surface area contributed by atoms with Crippen LogP contribution in [0, 0.1) is 5.92 Å². The van der Waals surface area contributed by atoms with Crippen molar-refractivity contribution in [3.8, 4) is 0 Å². The SMILES string of the molecule is NCc1cc(S(=O)(=O)N2CCN(CC3CC3)CC2)c(Br)s1. The highest BCUT2D eigenvalue weighted by Crippen LogP contribution is 2.34. The Morgan fingerprint density at radius 2 is 1.95 bits per heavy atom. The molecule has 1 saturated heterocycles. The van der Waals surface area contributed by atoms with Gasteiger partial charge < -0.3 is 10.6 Å². The summed E-state index contributed by atoms with van der Waals surface area (Å²) in [5.74, 6) is 0.853. The van der Waals surface area contributed by atoms with E-state index in [1.165, 1.54) is 24.2 Å². The number of nitrogens with two attached hydrogens (primary N) is 1. The fourth-order valence-corrected chi connectivity index (χ4v) is 6.56. The molecule has 118 valence electrons. The van der Waals surface area contributed by atoms with Gasteiger partial charge in [-0.05, 0) is 40.8 Å². The van der Waals surface area contributed by atoms with Gasteiger partial charge in [-0.25, -0.2) is 8.42 Å². The predicted octanol–water partition coefficient (Wildman–Crippen LogP) is 1.69. The van der Waals surface area contributed by atoms with Gasteiger partial charge in [0, 0.05) is 44.1 Å². The number of halogens is 1. The molecular weight excluding hydrogens is 374 g/mol. The van der Waals surface area contributed by atoms with E-state index in [1.807, 2.05) is 0 Å². The summed E-state index contributed by atoms with van der Waals surface area (Å²) in [5, 5.41) is 0. The van der Waals surface area contributed by atoms with E-state index < -0.39 is 10.0 Å². The molecule has 2 N–H and O–H groups in total. The lowest BCUT2D eigenvalue weighted by molar-refractivity contribution is 0.182. The third-order valence-corrected chi connectivity index (χ3v) is 8.24. The van der Waals surface area contributed by atoms with Crippen LogP contribution in [0.3, 0.4) is 0 Å². The zero-order valence-corrected chi connectivity index (χ0v) is 15.0. The highest BCUT2D eigenvalue weighted by Gasteiger charge is 2.32. The highest BCUT2D eigenvalue weighted by molar-refractivity contribution is 9.11. The van der Waals surface area contributed by atoms with E-state index in [1.54, 1.807) is 10.4 Å². The average Bonchev–Trinajstić information content (AvgIpc) is 3.19. The van der Waals surface area contributed by atoms with Crippen molar-refractivity contribution in [1.82, 2.24) is 9.21 Å². The number of rotatable bonds is 5. The number of nitrogens with zero attached hydrogens (tertiary/aromatic N) is 2. The Morgan fingerprint density at radius 3 is 2.48 bits per heavy atom. The van der Waals surface area contributed by atoms with E-state index in [-0.39, 0.29) is 0 Å². The fourth-order valence-electron chi connectivity index (χ4n) is 2.63. The van der Waals surface area contributed by atoms with E-state index in [4.69, 9.17) is 5.73 Å². The summed E-state index contributed by atoms with van der Waals surface area (Å²) >= 11 is 4.76. The van der Waals surface area contributed by atoms with Crippen LogP contribution in [0.25, 0.3) is 0 Å². The van der Waals surface area contributed by atoms with Crippen LogP contribution in [0.2, 0.25) is 0 Å². The molecule has 21 heavy (non-hydrogen) atoms. The van der Waals surface area contributed by atoms with Crippen LogP contribution in [-0.4, -0.2) is 50.3 Å². The molecule has 0 spiro atoms. The third kappa shape index (κ3) is 3.51. The predicted molar refractivity (Wildman–Crippen MR) is 87.8 cm³/mol. The molecule has 2 heterocycles. The van der Waals surface area contributed by atoms with Crippen molar-refractivity contribution in [2.45, 2.75) is 24.3 Å². The van der Waals surface area contributed by atoms with Gasteiger partial charge in [0.2, 0.25) is 10.0 Å². The van der Waals surface area contributed by atoms with Crippen LogP contribution in [0.1, 0.15) is 17.7 Å². The van der Waals surface area contributed by atoms with E-state index in [9.17, 15) is 8.42 Å². The molecule has 0 aromatic carbocycles. The summed E-state index contributed by atoms with van der Waals surface area (Å²) in [5.41, 5.74) is 5.60. The Kier molecular flexibility index (Phi) is 4.73. The lowest BCUT2D eigenvalue weighted by Crippen LogP contribution is -2.49. The second-order valence-electron chi connectivity index (χ2n) is 5.70.